The molecule has 0 aliphatic rings. The molecule has 0 aliphatic carbocycles. The maximum Gasteiger partial charge on any atom is 0.534 e. The van der Waals surface area contributed by atoms with Gasteiger partial charge in [-0.1, -0.05) is 0 Å². The summed E-state index contributed by atoms with van der Waals surface area (Å²) in [5, 5.41) is 0. The van der Waals surface area contributed by atoms with E-state index in [1.165, 1.54) is 26.2 Å². The molecule has 1 rings (SSSR count). The van der Waals surface area contributed by atoms with Gasteiger partial charge in [-0.05, 0) is 13.8 Å². The van der Waals surface area contributed by atoms with Crippen molar-refractivity contribution >= 4 is 10.1 Å². The Hall–Kier alpha value is -1.31. The predicted octanol–water partition coefficient (Wildman–Crippen LogP) is 1.93. The molecule has 0 fully saturated rings. The summed E-state index contributed by atoms with van der Waals surface area (Å²) in [4.78, 5) is 3.68. The van der Waals surface area contributed by atoms with E-state index in [2.05, 4.69) is 9.17 Å². The molecule has 1 aromatic heterocycles. The van der Waals surface area contributed by atoms with E-state index in [-0.39, 0.29) is 16.9 Å². The van der Waals surface area contributed by atoms with Crippen LogP contribution in [0, 0.1) is 13.8 Å². The molecule has 1 aromatic rings. The first-order chi connectivity index (χ1) is 7.15. The average Bonchev–Trinajstić information content (AvgIpc) is 2.10. The molecule has 0 spiro atoms. The van der Waals surface area contributed by atoms with E-state index in [9.17, 15) is 21.6 Å². The number of aryl methyl sites for hydroxylation is 2. The molecular weight excluding hydrogens is 247 g/mol. The highest BCUT2D eigenvalue weighted by atomic mass is 32.2. The average molecular weight is 255 g/mol. The molecule has 16 heavy (non-hydrogen) atoms. The van der Waals surface area contributed by atoms with Gasteiger partial charge in [-0.15, -0.1) is 0 Å². The number of rotatable bonds is 2. The third-order valence-corrected chi connectivity index (χ3v) is 2.68. The molecule has 0 N–H and O–H groups in total. The predicted molar refractivity (Wildman–Crippen MR) is 49.3 cm³/mol. The third kappa shape index (κ3) is 2.43. The van der Waals surface area contributed by atoms with Crippen LogP contribution in [0.3, 0.4) is 0 Å². The summed E-state index contributed by atoms with van der Waals surface area (Å²) in [7, 11) is -5.62. The van der Waals surface area contributed by atoms with Crippen LogP contribution in [-0.4, -0.2) is 18.9 Å². The Morgan fingerprint density at radius 2 is 1.62 bits per heavy atom. The van der Waals surface area contributed by atoms with Gasteiger partial charge in [0.05, 0.1) is 0 Å². The summed E-state index contributed by atoms with van der Waals surface area (Å²) in [6.07, 6.45) is 2.43. The summed E-state index contributed by atoms with van der Waals surface area (Å²) in [5.74, 6) is -0.340. The maximum absolute atomic E-state index is 12.1. The zero-order valence-corrected chi connectivity index (χ0v) is 9.19. The fourth-order valence-corrected chi connectivity index (χ4v) is 1.55. The Balaban J connectivity index is 3.17. The molecule has 90 valence electrons. The third-order valence-electron chi connectivity index (χ3n) is 1.73. The number of pyridine rings is 1. The number of alkyl halides is 3. The van der Waals surface area contributed by atoms with Crippen molar-refractivity contribution in [3.63, 3.8) is 0 Å². The fourth-order valence-electron chi connectivity index (χ4n) is 0.978. The van der Waals surface area contributed by atoms with Crippen LogP contribution in [-0.2, 0) is 10.1 Å². The first-order valence-electron chi connectivity index (χ1n) is 4.07. The van der Waals surface area contributed by atoms with Gasteiger partial charge < -0.3 is 4.18 Å². The van der Waals surface area contributed by atoms with Gasteiger partial charge >= 0.3 is 15.6 Å². The number of aromatic nitrogens is 1. The van der Waals surface area contributed by atoms with Crippen molar-refractivity contribution in [3.8, 4) is 5.75 Å². The first kappa shape index (κ1) is 12.8. The monoisotopic (exact) mass is 255 g/mol. The summed E-state index contributed by atoms with van der Waals surface area (Å²) < 4.78 is 61.7. The highest BCUT2D eigenvalue weighted by Gasteiger charge is 2.48. The minimum atomic E-state index is -5.62. The lowest BCUT2D eigenvalue weighted by molar-refractivity contribution is -0.0500. The highest BCUT2D eigenvalue weighted by molar-refractivity contribution is 7.88. The van der Waals surface area contributed by atoms with Crippen LogP contribution >= 0.6 is 0 Å². The zero-order valence-electron chi connectivity index (χ0n) is 8.37. The second kappa shape index (κ2) is 3.93. The van der Waals surface area contributed by atoms with Crippen molar-refractivity contribution in [2.24, 2.45) is 0 Å². The summed E-state index contributed by atoms with van der Waals surface area (Å²) in [6, 6.07) is 0. The van der Waals surface area contributed by atoms with Gasteiger partial charge in [0.15, 0.2) is 5.75 Å². The molecule has 0 saturated carbocycles. The quantitative estimate of drug-likeness (QED) is 0.598. The zero-order chi connectivity index (χ0) is 12.6. The molecule has 0 radical (unpaired) electrons. The molecule has 0 amide bonds. The lowest BCUT2D eigenvalue weighted by atomic mass is 10.2. The molecule has 0 atom stereocenters. The lowest BCUT2D eigenvalue weighted by Gasteiger charge is -2.12. The van der Waals surface area contributed by atoms with Crippen LogP contribution in [0.4, 0.5) is 13.2 Å². The van der Waals surface area contributed by atoms with Crippen LogP contribution < -0.4 is 4.18 Å². The number of nitrogens with zero attached hydrogens (tertiary/aromatic N) is 1. The summed E-state index contributed by atoms with van der Waals surface area (Å²) >= 11 is 0. The van der Waals surface area contributed by atoms with Gasteiger partial charge in [0.1, 0.15) is 0 Å². The van der Waals surface area contributed by atoms with E-state index in [0.717, 1.165) is 0 Å². The van der Waals surface area contributed by atoms with Gasteiger partial charge in [0.25, 0.3) is 0 Å². The minimum Gasteiger partial charge on any atom is -0.375 e. The van der Waals surface area contributed by atoms with Crippen LogP contribution in [0.1, 0.15) is 11.1 Å². The van der Waals surface area contributed by atoms with E-state index >= 15 is 0 Å². The van der Waals surface area contributed by atoms with E-state index < -0.39 is 15.6 Å². The van der Waals surface area contributed by atoms with Gasteiger partial charge in [0, 0.05) is 23.5 Å². The van der Waals surface area contributed by atoms with E-state index in [4.69, 9.17) is 0 Å². The van der Waals surface area contributed by atoms with Crippen molar-refractivity contribution in [3.05, 3.63) is 23.5 Å². The fraction of sp³-hybridized carbons (Fsp3) is 0.375. The minimum absolute atomic E-state index is 0.216. The smallest absolute Gasteiger partial charge is 0.375 e. The largest absolute Gasteiger partial charge is 0.534 e. The van der Waals surface area contributed by atoms with Gasteiger partial charge in [-0.3, -0.25) is 4.98 Å². The number of hydrogen-bond donors (Lipinski definition) is 0. The second-order valence-corrected chi connectivity index (χ2v) is 4.62. The van der Waals surface area contributed by atoms with Crippen molar-refractivity contribution in [1.82, 2.24) is 4.98 Å². The standard InChI is InChI=1S/C8H8F3NO3S/c1-5-3-12-4-6(2)7(5)15-16(13,14)8(9,10)11/h3-4H,1-2H3. The van der Waals surface area contributed by atoms with Crippen molar-refractivity contribution < 1.29 is 25.8 Å². The number of hydrogen-bond acceptors (Lipinski definition) is 4. The van der Waals surface area contributed by atoms with E-state index in [0.29, 0.717) is 0 Å². The molecule has 4 nitrogen and oxygen atoms in total. The topological polar surface area (TPSA) is 56.3 Å². The van der Waals surface area contributed by atoms with Gasteiger partial charge in [0.2, 0.25) is 0 Å². The van der Waals surface area contributed by atoms with Crippen molar-refractivity contribution in [2.75, 3.05) is 0 Å². The summed E-state index contributed by atoms with van der Waals surface area (Å²) in [5.41, 5.74) is -5.00. The Morgan fingerprint density at radius 1 is 1.19 bits per heavy atom. The Morgan fingerprint density at radius 3 is 2.00 bits per heavy atom. The highest BCUT2D eigenvalue weighted by Crippen LogP contribution is 2.30. The van der Waals surface area contributed by atoms with Crippen LogP contribution in [0.5, 0.6) is 5.75 Å². The Labute approximate surface area is 90.2 Å². The molecular formula is C8H8F3NO3S. The Bertz CT molecular complexity index is 475. The molecule has 0 bridgehead atoms. The van der Waals surface area contributed by atoms with E-state index in [1.807, 2.05) is 0 Å². The van der Waals surface area contributed by atoms with Crippen molar-refractivity contribution in [1.29, 1.82) is 0 Å². The van der Waals surface area contributed by atoms with Crippen LogP contribution in [0.25, 0.3) is 0 Å². The molecule has 0 saturated heterocycles. The van der Waals surface area contributed by atoms with Gasteiger partial charge in [-0.2, -0.15) is 21.6 Å². The SMILES string of the molecule is Cc1cncc(C)c1OS(=O)(=O)C(F)(F)F. The molecule has 0 unspecified atom stereocenters. The van der Waals surface area contributed by atoms with Crippen LogP contribution in [0.2, 0.25) is 0 Å². The molecule has 8 heteroatoms. The Kier molecular flexibility index (Phi) is 3.13. The lowest BCUT2D eigenvalue weighted by Crippen LogP contribution is -2.28. The van der Waals surface area contributed by atoms with Crippen LogP contribution in [0.15, 0.2) is 12.4 Å². The molecule has 0 aliphatic heterocycles. The van der Waals surface area contributed by atoms with E-state index in [1.54, 1.807) is 0 Å². The maximum atomic E-state index is 12.1. The summed E-state index contributed by atoms with van der Waals surface area (Å²) in [6.45, 7) is 2.81. The van der Waals surface area contributed by atoms with Crippen molar-refractivity contribution in [2.45, 2.75) is 19.4 Å². The number of halogens is 3. The van der Waals surface area contributed by atoms with Gasteiger partial charge in [-0.25, -0.2) is 0 Å². The first-order valence-corrected chi connectivity index (χ1v) is 5.48. The molecule has 1 heterocycles. The molecule has 0 aromatic carbocycles. The normalized spacial score (nSPS) is 12.6. The second-order valence-electron chi connectivity index (χ2n) is 3.09.